The van der Waals surface area contributed by atoms with E-state index in [1.54, 1.807) is 0 Å². The average molecular weight is 254 g/mol. The van der Waals surface area contributed by atoms with Crippen molar-refractivity contribution in [3.8, 4) is 0 Å². The maximum Gasteiger partial charge on any atom is 0.153 e. The molecule has 0 spiro atoms. The van der Waals surface area contributed by atoms with E-state index in [1.807, 2.05) is 12.1 Å². The minimum atomic E-state index is -2.80. The van der Waals surface area contributed by atoms with Crippen LogP contribution in [0.25, 0.3) is 0 Å². The van der Waals surface area contributed by atoms with Crippen molar-refractivity contribution in [1.29, 1.82) is 0 Å². The molecule has 17 heavy (non-hydrogen) atoms. The van der Waals surface area contributed by atoms with Crippen LogP contribution in [0.1, 0.15) is 5.56 Å². The van der Waals surface area contributed by atoms with E-state index in [4.69, 9.17) is 5.73 Å². The van der Waals surface area contributed by atoms with Crippen LogP contribution in [0.15, 0.2) is 24.3 Å². The Bertz CT molecular complexity index is 454. The highest BCUT2D eigenvalue weighted by Crippen LogP contribution is 2.18. The summed E-state index contributed by atoms with van der Waals surface area (Å²) in [6, 6.07) is 8.21. The molecule has 1 aromatic carbocycles. The normalized spacial score (nSPS) is 19.2. The van der Waals surface area contributed by atoms with E-state index < -0.39 is 9.84 Å². The van der Waals surface area contributed by atoms with Crippen molar-refractivity contribution in [2.24, 2.45) is 5.73 Å². The van der Waals surface area contributed by atoms with Crippen LogP contribution in [-0.2, 0) is 16.3 Å². The monoisotopic (exact) mass is 254 g/mol. The molecule has 0 amide bonds. The highest BCUT2D eigenvalue weighted by atomic mass is 32.2. The lowest BCUT2D eigenvalue weighted by atomic mass is 10.1. The topological polar surface area (TPSA) is 63.4 Å². The third-order valence-corrected chi connectivity index (χ3v) is 4.69. The molecule has 2 N–H and O–H groups in total. The summed E-state index contributed by atoms with van der Waals surface area (Å²) in [5.74, 6) is 0.523. The zero-order valence-electron chi connectivity index (χ0n) is 9.80. The smallest absolute Gasteiger partial charge is 0.153 e. The summed E-state index contributed by atoms with van der Waals surface area (Å²) in [5, 5.41) is 0. The second kappa shape index (κ2) is 5.06. The highest BCUT2D eigenvalue weighted by Gasteiger charge is 2.21. The first-order valence-electron chi connectivity index (χ1n) is 5.85. The van der Waals surface area contributed by atoms with Gasteiger partial charge in [0, 0.05) is 18.8 Å². The Kier molecular flexibility index (Phi) is 3.69. The third kappa shape index (κ3) is 3.20. The van der Waals surface area contributed by atoms with E-state index in [-0.39, 0.29) is 11.5 Å². The van der Waals surface area contributed by atoms with Crippen molar-refractivity contribution in [2.75, 3.05) is 36.0 Å². The Morgan fingerprint density at radius 2 is 1.71 bits per heavy atom. The van der Waals surface area contributed by atoms with Crippen molar-refractivity contribution >= 4 is 15.5 Å². The molecule has 0 aliphatic carbocycles. The Hall–Kier alpha value is -1.07. The van der Waals surface area contributed by atoms with Crippen molar-refractivity contribution in [3.05, 3.63) is 29.8 Å². The number of rotatable bonds is 3. The number of nitrogens with two attached hydrogens (primary N) is 1. The summed E-state index contributed by atoms with van der Waals surface area (Å²) >= 11 is 0. The minimum Gasteiger partial charge on any atom is -0.369 e. The first-order valence-corrected chi connectivity index (χ1v) is 7.67. The molecule has 1 aromatic rings. The molecule has 1 heterocycles. The van der Waals surface area contributed by atoms with Crippen molar-refractivity contribution in [3.63, 3.8) is 0 Å². The summed E-state index contributed by atoms with van der Waals surface area (Å²) < 4.78 is 22.7. The lowest BCUT2D eigenvalue weighted by Gasteiger charge is -2.28. The van der Waals surface area contributed by atoms with E-state index in [1.165, 1.54) is 5.56 Å². The van der Waals surface area contributed by atoms with Gasteiger partial charge in [0.25, 0.3) is 0 Å². The Morgan fingerprint density at radius 3 is 2.24 bits per heavy atom. The predicted molar refractivity (Wildman–Crippen MR) is 70.1 cm³/mol. The number of hydrogen-bond acceptors (Lipinski definition) is 4. The molecule has 0 atom stereocenters. The van der Waals surface area contributed by atoms with Gasteiger partial charge in [0.15, 0.2) is 9.84 Å². The van der Waals surface area contributed by atoms with Gasteiger partial charge in [0.05, 0.1) is 11.5 Å². The van der Waals surface area contributed by atoms with Crippen LogP contribution >= 0.6 is 0 Å². The van der Waals surface area contributed by atoms with E-state index >= 15 is 0 Å². The summed E-state index contributed by atoms with van der Waals surface area (Å²) in [4.78, 5) is 2.12. The molecule has 4 nitrogen and oxygen atoms in total. The molecule has 5 heteroatoms. The van der Waals surface area contributed by atoms with Gasteiger partial charge in [-0.25, -0.2) is 8.42 Å². The van der Waals surface area contributed by atoms with Crippen LogP contribution in [-0.4, -0.2) is 39.6 Å². The van der Waals surface area contributed by atoms with E-state index in [0.29, 0.717) is 19.6 Å². The molecular weight excluding hydrogens is 236 g/mol. The largest absolute Gasteiger partial charge is 0.369 e. The number of sulfone groups is 1. The van der Waals surface area contributed by atoms with Crippen LogP contribution in [0, 0.1) is 0 Å². The zero-order chi connectivity index (χ0) is 12.3. The number of benzene rings is 1. The second-order valence-electron chi connectivity index (χ2n) is 4.34. The second-order valence-corrected chi connectivity index (χ2v) is 6.65. The molecule has 1 fully saturated rings. The molecule has 0 unspecified atom stereocenters. The van der Waals surface area contributed by atoms with Gasteiger partial charge in [-0.1, -0.05) is 12.1 Å². The molecule has 0 radical (unpaired) electrons. The number of nitrogens with zero attached hydrogens (tertiary/aromatic N) is 1. The van der Waals surface area contributed by atoms with Gasteiger partial charge in [-0.2, -0.15) is 0 Å². The van der Waals surface area contributed by atoms with Crippen molar-refractivity contribution < 1.29 is 8.42 Å². The fourth-order valence-corrected chi connectivity index (χ4v) is 3.21. The van der Waals surface area contributed by atoms with Gasteiger partial charge < -0.3 is 10.6 Å². The molecular formula is C12H18N2O2S. The average Bonchev–Trinajstić information content (AvgIpc) is 2.31. The van der Waals surface area contributed by atoms with Gasteiger partial charge in [-0.15, -0.1) is 0 Å². The Morgan fingerprint density at radius 1 is 1.12 bits per heavy atom. The fraction of sp³-hybridized carbons (Fsp3) is 0.500. The summed E-state index contributed by atoms with van der Waals surface area (Å²) in [5.41, 5.74) is 7.82. The van der Waals surface area contributed by atoms with Crippen molar-refractivity contribution in [2.45, 2.75) is 6.42 Å². The maximum absolute atomic E-state index is 11.3. The van der Waals surface area contributed by atoms with Gasteiger partial charge >= 0.3 is 0 Å². The molecule has 1 aliphatic heterocycles. The fourth-order valence-electron chi connectivity index (χ4n) is 2.01. The molecule has 2 rings (SSSR count). The molecule has 0 saturated carbocycles. The van der Waals surface area contributed by atoms with Crippen LogP contribution < -0.4 is 10.6 Å². The predicted octanol–water partition coefficient (Wildman–Crippen LogP) is 0.423. The minimum absolute atomic E-state index is 0.261. The van der Waals surface area contributed by atoms with Crippen LogP contribution in [0.5, 0.6) is 0 Å². The molecule has 1 saturated heterocycles. The van der Waals surface area contributed by atoms with E-state index in [0.717, 1.165) is 12.1 Å². The van der Waals surface area contributed by atoms with E-state index in [9.17, 15) is 8.42 Å². The summed E-state index contributed by atoms with van der Waals surface area (Å²) in [7, 11) is -2.80. The SMILES string of the molecule is NCCc1ccc(N2CCS(=O)(=O)CC2)cc1. The number of hydrogen-bond donors (Lipinski definition) is 1. The highest BCUT2D eigenvalue weighted by molar-refractivity contribution is 7.91. The third-order valence-electron chi connectivity index (χ3n) is 3.08. The molecule has 0 bridgehead atoms. The van der Waals surface area contributed by atoms with Gasteiger partial charge in [-0.05, 0) is 30.7 Å². The number of anilines is 1. The van der Waals surface area contributed by atoms with Crippen molar-refractivity contribution in [1.82, 2.24) is 0 Å². The summed E-state index contributed by atoms with van der Waals surface area (Å²) in [6.07, 6.45) is 0.884. The van der Waals surface area contributed by atoms with Crippen LogP contribution in [0.3, 0.4) is 0 Å². The summed E-state index contributed by atoms with van der Waals surface area (Å²) in [6.45, 7) is 1.85. The quantitative estimate of drug-likeness (QED) is 0.849. The maximum atomic E-state index is 11.3. The Balaban J connectivity index is 2.03. The molecule has 94 valence electrons. The Labute approximate surface area is 102 Å². The first kappa shape index (κ1) is 12.4. The lowest BCUT2D eigenvalue weighted by molar-refractivity contribution is 0.587. The molecule has 1 aliphatic rings. The molecule has 0 aromatic heterocycles. The van der Waals surface area contributed by atoms with Gasteiger partial charge in [0.2, 0.25) is 0 Å². The standard InChI is InChI=1S/C12H18N2O2S/c13-6-5-11-1-3-12(4-2-11)14-7-9-17(15,16)10-8-14/h1-4H,5-10,13H2. The van der Waals surface area contributed by atoms with Gasteiger partial charge in [0.1, 0.15) is 0 Å². The van der Waals surface area contributed by atoms with Crippen LogP contribution in [0.2, 0.25) is 0 Å². The van der Waals surface area contributed by atoms with Crippen LogP contribution in [0.4, 0.5) is 5.69 Å². The lowest BCUT2D eigenvalue weighted by Crippen LogP contribution is -2.40. The first-order chi connectivity index (χ1) is 8.11. The van der Waals surface area contributed by atoms with E-state index in [2.05, 4.69) is 17.0 Å². The van der Waals surface area contributed by atoms with Gasteiger partial charge in [-0.3, -0.25) is 0 Å². The zero-order valence-corrected chi connectivity index (χ0v) is 10.6.